The van der Waals surface area contributed by atoms with Crippen LogP contribution in [0.3, 0.4) is 0 Å². The molecule has 0 aromatic carbocycles. The number of nitrogens with zero attached hydrogens (tertiary/aromatic N) is 3. The molecule has 0 aliphatic carbocycles. The Morgan fingerprint density at radius 3 is 2.75 bits per heavy atom. The van der Waals surface area contributed by atoms with Crippen molar-refractivity contribution in [2.75, 3.05) is 25.0 Å². The Balaban J connectivity index is 2.47. The second kappa shape index (κ2) is 4.37. The van der Waals surface area contributed by atoms with E-state index in [0.29, 0.717) is 0 Å². The molecule has 1 aromatic heterocycles. The number of anilines is 1. The van der Waals surface area contributed by atoms with Gasteiger partial charge in [0.1, 0.15) is 5.01 Å². The van der Waals surface area contributed by atoms with Gasteiger partial charge in [-0.2, -0.15) is 0 Å². The molecule has 1 rings (SSSR count). The monoisotopic (exact) mass is 186 g/mol. The van der Waals surface area contributed by atoms with Crippen LogP contribution in [0.5, 0.6) is 0 Å². The summed E-state index contributed by atoms with van der Waals surface area (Å²) in [5.74, 6) is 0. The fraction of sp³-hybridized carbons (Fsp3) is 0.714. The second-order valence-electron chi connectivity index (χ2n) is 2.67. The molecule has 1 heterocycles. The molecule has 1 aromatic rings. The molecule has 0 fully saturated rings. The highest BCUT2D eigenvalue weighted by atomic mass is 32.1. The first-order valence-corrected chi connectivity index (χ1v) is 4.77. The summed E-state index contributed by atoms with van der Waals surface area (Å²) >= 11 is 1.61. The normalized spacial score (nSPS) is 10.2. The van der Waals surface area contributed by atoms with Crippen molar-refractivity contribution >= 4 is 16.5 Å². The van der Waals surface area contributed by atoms with E-state index < -0.39 is 0 Å². The van der Waals surface area contributed by atoms with Crippen LogP contribution in [0.4, 0.5) is 5.13 Å². The molecule has 0 amide bonds. The summed E-state index contributed by atoms with van der Waals surface area (Å²) in [7, 11) is 2.01. The lowest BCUT2D eigenvalue weighted by Crippen LogP contribution is -2.20. The van der Waals surface area contributed by atoms with Gasteiger partial charge in [0.05, 0.1) is 0 Å². The SMILES string of the molecule is Cc1nnc(N(C)CCCN)s1. The molecule has 0 saturated carbocycles. The van der Waals surface area contributed by atoms with Gasteiger partial charge in [-0.05, 0) is 19.9 Å². The van der Waals surface area contributed by atoms with Crippen molar-refractivity contribution in [3.63, 3.8) is 0 Å². The fourth-order valence-corrected chi connectivity index (χ4v) is 1.54. The van der Waals surface area contributed by atoms with Gasteiger partial charge in [0.2, 0.25) is 5.13 Å². The van der Waals surface area contributed by atoms with E-state index in [-0.39, 0.29) is 0 Å². The Morgan fingerprint density at radius 1 is 1.50 bits per heavy atom. The van der Waals surface area contributed by atoms with Crippen molar-refractivity contribution < 1.29 is 0 Å². The molecule has 12 heavy (non-hydrogen) atoms. The Labute approximate surface area is 76.4 Å². The lowest BCUT2D eigenvalue weighted by molar-refractivity contribution is 0.787. The van der Waals surface area contributed by atoms with Crippen molar-refractivity contribution in [2.24, 2.45) is 5.73 Å². The Morgan fingerprint density at radius 2 is 2.25 bits per heavy atom. The van der Waals surface area contributed by atoms with E-state index in [1.807, 2.05) is 14.0 Å². The maximum absolute atomic E-state index is 5.40. The van der Waals surface area contributed by atoms with Crippen molar-refractivity contribution in [2.45, 2.75) is 13.3 Å². The quantitative estimate of drug-likeness (QED) is 0.749. The molecule has 0 atom stereocenters. The topological polar surface area (TPSA) is 55.0 Å². The van der Waals surface area contributed by atoms with Crippen molar-refractivity contribution in [1.82, 2.24) is 10.2 Å². The standard InChI is InChI=1S/C7H14N4S/c1-6-9-10-7(12-6)11(2)5-3-4-8/h3-5,8H2,1-2H3. The maximum atomic E-state index is 5.40. The number of hydrogen-bond donors (Lipinski definition) is 1. The third-order valence-electron chi connectivity index (χ3n) is 1.54. The first kappa shape index (κ1) is 9.41. The number of hydrogen-bond acceptors (Lipinski definition) is 5. The minimum atomic E-state index is 0.724. The molecule has 0 bridgehead atoms. The van der Waals surface area contributed by atoms with Gasteiger partial charge < -0.3 is 10.6 Å². The lowest BCUT2D eigenvalue weighted by atomic mass is 10.4. The number of rotatable bonds is 4. The predicted molar refractivity (Wildman–Crippen MR) is 51.6 cm³/mol. The van der Waals surface area contributed by atoms with E-state index in [0.717, 1.165) is 29.6 Å². The fourth-order valence-electron chi connectivity index (χ4n) is 0.864. The molecular formula is C7H14N4S. The third-order valence-corrected chi connectivity index (χ3v) is 2.49. The molecule has 0 spiro atoms. The molecule has 0 unspecified atom stereocenters. The summed E-state index contributed by atoms with van der Waals surface area (Å²) in [6.45, 7) is 3.63. The molecule has 0 aliphatic heterocycles. The first-order chi connectivity index (χ1) is 5.74. The van der Waals surface area contributed by atoms with Crippen molar-refractivity contribution in [1.29, 1.82) is 0 Å². The number of nitrogens with two attached hydrogens (primary N) is 1. The minimum absolute atomic E-state index is 0.724. The van der Waals surface area contributed by atoms with Crippen LogP contribution in [0.15, 0.2) is 0 Å². The summed E-state index contributed by atoms with van der Waals surface area (Å²) in [6, 6.07) is 0. The van der Waals surface area contributed by atoms with E-state index in [1.54, 1.807) is 11.3 Å². The highest BCUT2D eigenvalue weighted by Crippen LogP contribution is 2.17. The van der Waals surface area contributed by atoms with E-state index in [4.69, 9.17) is 5.73 Å². The highest BCUT2D eigenvalue weighted by molar-refractivity contribution is 7.15. The second-order valence-corrected chi connectivity index (χ2v) is 3.83. The maximum Gasteiger partial charge on any atom is 0.208 e. The molecular weight excluding hydrogens is 172 g/mol. The summed E-state index contributed by atoms with van der Waals surface area (Å²) in [4.78, 5) is 2.08. The molecule has 68 valence electrons. The number of aromatic nitrogens is 2. The van der Waals surface area contributed by atoms with Crippen LogP contribution in [-0.2, 0) is 0 Å². The molecule has 0 aliphatic rings. The Bertz CT molecular complexity index is 235. The smallest absolute Gasteiger partial charge is 0.208 e. The van der Waals surface area contributed by atoms with Crippen molar-refractivity contribution in [3.05, 3.63) is 5.01 Å². The summed E-state index contributed by atoms with van der Waals surface area (Å²) in [5.41, 5.74) is 5.40. The molecule has 5 heteroatoms. The van der Waals surface area contributed by atoms with Crippen LogP contribution < -0.4 is 10.6 Å². The van der Waals surface area contributed by atoms with Gasteiger partial charge in [0.15, 0.2) is 0 Å². The van der Waals surface area contributed by atoms with Gasteiger partial charge in [-0.25, -0.2) is 0 Å². The van der Waals surface area contributed by atoms with Crippen molar-refractivity contribution in [3.8, 4) is 0 Å². The molecule has 0 saturated heterocycles. The zero-order valence-corrected chi connectivity index (χ0v) is 8.27. The van der Waals surface area contributed by atoms with Gasteiger partial charge in [-0.1, -0.05) is 11.3 Å². The van der Waals surface area contributed by atoms with Gasteiger partial charge in [0.25, 0.3) is 0 Å². The van der Waals surface area contributed by atoms with Gasteiger partial charge in [-0.3, -0.25) is 0 Å². The van der Waals surface area contributed by atoms with Gasteiger partial charge in [0, 0.05) is 13.6 Å². The molecule has 2 N–H and O–H groups in total. The summed E-state index contributed by atoms with van der Waals surface area (Å²) < 4.78 is 0. The predicted octanol–water partition coefficient (Wildman–Crippen LogP) is 0.632. The van der Waals surface area contributed by atoms with Crippen LogP contribution in [0, 0.1) is 6.92 Å². The molecule has 0 radical (unpaired) electrons. The van der Waals surface area contributed by atoms with E-state index in [1.165, 1.54) is 0 Å². The minimum Gasteiger partial charge on any atom is -0.350 e. The van der Waals surface area contributed by atoms with E-state index in [9.17, 15) is 0 Å². The summed E-state index contributed by atoms with van der Waals surface area (Å²) in [6.07, 6.45) is 0.995. The van der Waals surface area contributed by atoms with E-state index in [2.05, 4.69) is 15.1 Å². The van der Waals surface area contributed by atoms with Crippen LogP contribution in [0.1, 0.15) is 11.4 Å². The first-order valence-electron chi connectivity index (χ1n) is 3.95. The van der Waals surface area contributed by atoms with Crippen LogP contribution >= 0.6 is 11.3 Å². The van der Waals surface area contributed by atoms with Crippen LogP contribution in [-0.4, -0.2) is 30.3 Å². The average Bonchev–Trinajstić information content (AvgIpc) is 2.47. The van der Waals surface area contributed by atoms with Gasteiger partial charge >= 0.3 is 0 Å². The van der Waals surface area contributed by atoms with Gasteiger partial charge in [-0.15, -0.1) is 10.2 Å². The average molecular weight is 186 g/mol. The Hall–Kier alpha value is -0.680. The third kappa shape index (κ3) is 2.42. The Kier molecular flexibility index (Phi) is 3.43. The van der Waals surface area contributed by atoms with Crippen LogP contribution in [0.2, 0.25) is 0 Å². The largest absolute Gasteiger partial charge is 0.350 e. The van der Waals surface area contributed by atoms with Crippen LogP contribution in [0.25, 0.3) is 0 Å². The molecule has 4 nitrogen and oxygen atoms in total. The lowest BCUT2D eigenvalue weighted by Gasteiger charge is -2.13. The summed E-state index contributed by atoms with van der Waals surface area (Å²) in [5, 5.41) is 9.94. The highest BCUT2D eigenvalue weighted by Gasteiger charge is 2.04. The zero-order valence-electron chi connectivity index (χ0n) is 7.45. The zero-order chi connectivity index (χ0) is 8.97. The van der Waals surface area contributed by atoms with E-state index >= 15 is 0 Å². The number of aryl methyl sites for hydroxylation is 1.